The Kier molecular flexibility index (Phi) is 5.25. The summed E-state index contributed by atoms with van der Waals surface area (Å²) in [4.78, 5) is 11.6. The van der Waals surface area contributed by atoms with Crippen LogP contribution in [0.1, 0.15) is 13.8 Å². The molecule has 1 aliphatic rings. The number of fused-ring (bicyclic) bond motifs is 1. The summed E-state index contributed by atoms with van der Waals surface area (Å²) in [6.07, 6.45) is 0. The number of esters is 1. The van der Waals surface area contributed by atoms with Gasteiger partial charge < -0.3 is 14.2 Å². The average molecular weight is 329 g/mol. The first kappa shape index (κ1) is 16.6. The van der Waals surface area contributed by atoms with Gasteiger partial charge >= 0.3 is 5.97 Å². The number of carbonyl (C=O) groups excluding carboxylic acids is 1. The zero-order chi connectivity index (χ0) is 16.2. The fourth-order valence-corrected chi connectivity index (χ4v) is 3.46. The highest BCUT2D eigenvalue weighted by atomic mass is 32.2. The lowest BCUT2D eigenvalue weighted by Gasteiger charge is -2.22. The molecular formula is C14H19NO6S. The number of likely N-dealkylation sites (N-methyl/N-ethyl adjacent to an activating group) is 1. The van der Waals surface area contributed by atoms with Crippen molar-refractivity contribution in [1.29, 1.82) is 0 Å². The summed E-state index contributed by atoms with van der Waals surface area (Å²) < 4.78 is 41.9. The molecule has 8 heteroatoms. The molecule has 0 spiro atoms. The molecule has 2 rings (SSSR count). The summed E-state index contributed by atoms with van der Waals surface area (Å²) in [6.45, 7) is 4.19. The molecule has 0 aromatic heterocycles. The maximum absolute atomic E-state index is 12.6. The van der Waals surface area contributed by atoms with E-state index in [2.05, 4.69) is 0 Å². The van der Waals surface area contributed by atoms with E-state index in [-0.39, 0.29) is 24.6 Å². The van der Waals surface area contributed by atoms with Crippen LogP contribution in [-0.4, -0.2) is 51.6 Å². The normalized spacial score (nSPS) is 14.0. The molecule has 0 saturated heterocycles. The van der Waals surface area contributed by atoms with Gasteiger partial charge in [0.1, 0.15) is 19.8 Å². The number of nitrogens with zero attached hydrogens (tertiary/aromatic N) is 1. The van der Waals surface area contributed by atoms with Crippen LogP contribution in [0.5, 0.6) is 11.5 Å². The summed E-state index contributed by atoms with van der Waals surface area (Å²) in [5, 5.41) is 0. The van der Waals surface area contributed by atoms with Crippen molar-refractivity contribution in [3.05, 3.63) is 18.2 Å². The molecule has 0 aliphatic carbocycles. The predicted molar refractivity (Wildman–Crippen MR) is 78.5 cm³/mol. The Morgan fingerprint density at radius 3 is 2.55 bits per heavy atom. The molecule has 0 atom stereocenters. The Morgan fingerprint density at radius 1 is 1.23 bits per heavy atom. The van der Waals surface area contributed by atoms with Gasteiger partial charge in [0.25, 0.3) is 0 Å². The second-order valence-electron chi connectivity index (χ2n) is 4.54. The molecule has 1 aromatic rings. The number of hydrogen-bond acceptors (Lipinski definition) is 6. The van der Waals surface area contributed by atoms with Crippen molar-refractivity contribution in [1.82, 2.24) is 4.31 Å². The van der Waals surface area contributed by atoms with E-state index in [0.717, 1.165) is 4.31 Å². The molecule has 1 aromatic carbocycles. The first-order valence-electron chi connectivity index (χ1n) is 7.04. The van der Waals surface area contributed by atoms with Crippen molar-refractivity contribution in [2.45, 2.75) is 18.7 Å². The highest BCUT2D eigenvalue weighted by molar-refractivity contribution is 7.89. The van der Waals surface area contributed by atoms with Crippen molar-refractivity contribution in [3.63, 3.8) is 0 Å². The Labute approximate surface area is 129 Å². The molecule has 0 bridgehead atoms. The maximum Gasteiger partial charge on any atom is 0.321 e. The third kappa shape index (κ3) is 3.50. The first-order valence-corrected chi connectivity index (χ1v) is 8.48. The minimum Gasteiger partial charge on any atom is -0.486 e. The van der Waals surface area contributed by atoms with E-state index in [9.17, 15) is 13.2 Å². The SMILES string of the molecule is CCOC(=O)CN(CC)S(=O)(=O)c1ccc2c(c1)OCCO2. The van der Waals surface area contributed by atoms with Gasteiger partial charge in [0.2, 0.25) is 10.0 Å². The maximum atomic E-state index is 12.6. The second-order valence-corrected chi connectivity index (χ2v) is 6.48. The molecular weight excluding hydrogens is 310 g/mol. The predicted octanol–water partition coefficient (Wildman–Crippen LogP) is 1.03. The molecule has 22 heavy (non-hydrogen) atoms. The van der Waals surface area contributed by atoms with Crippen molar-refractivity contribution >= 4 is 16.0 Å². The number of benzene rings is 1. The number of rotatable bonds is 6. The van der Waals surface area contributed by atoms with Gasteiger partial charge in [0, 0.05) is 12.6 Å². The number of sulfonamides is 1. The largest absolute Gasteiger partial charge is 0.486 e. The van der Waals surface area contributed by atoms with Crippen LogP contribution in [-0.2, 0) is 19.6 Å². The molecule has 1 aliphatic heterocycles. The van der Waals surface area contributed by atoms with Crippen LogP contribution < -0.4 is 9.47 Å². The molecule has 0 radical (unpaired) electrons. The van der Waals surface area contributed by atoms with Gasteiger partial charge in [-0.05, 0) is 19.1 Å². The van der Waals surface area contributed by atoms with E-state index in [4.69, 9.17) is 14.2 Å². The lowest BCUT2D eigenvalue weighted by atomic mass is 10.3. The number of carbonyl (C=O) groups is 1. The van der Waals surface area contributed by atoms with Crippen molar-refractivity contribution in [3.8, 4) is 11.5 Å². The Bertz CT molecular complexity index is 643. The topological polar surface area (TPSA) is 82.1 Å². The molecule has 0 amide bonds. The van der Waals surface area contributed by atoms with E-state index in [1.807, 2.05) is 0 Å². The van der Waals surface area contributed by atoms with E-state index in [1.54, 1.807) is 19.9 Å². The molecule has 0 saturated carbocycles. The Morgan fingerprint density at radius 2 is 1.91 bits per heavy atom. The van der Waals surface area contributed by atoms with Crippen LogP contribution in [0.25, 0.3) is 0 Å². The highest BCUT2D eigenvalue weighted by Gasteiger charge is 2.27. The van der Waals surface area contributed by atoms with Crippen LogP contribution >= 0.6 is 0 Å². The van der Waals surface area contributed by atoms with Crippen molar-refractivity contribution in [2.24, 2.45) is 0 Å². The monoisotopic (exact) mass is 329 g/mol. The fourth-order valence-electron chi connectivity index (χ4n) is 2.05. The van der Waals surface area contributed by atoms with Gasteiger partial charge in [-0.25, -0.2) is 8.42 Å². The minimum absolute atomic E-state index is 0.0582. The van der Waals surface area contributed by atoms with E-state index in [0.29, 0.717) is 24.7 Å². The first-order chi connectivity index (χ1) is 10.5. The minimum atomic E-state index is -3.80. The summed E-state index contributed by atoms with van der Waals surface area (Å²) in [5.74, 6) is 0.323. The molecule has 0 unspecified atom stereocenters. The fraction of sp³-hybridized carbons (Fsp3) is 0.500. The summed E-state index contributed by atoms with van der Waals surface area (Å²) in [5.41, 5.74) is 0. The zero-order valence-electron chi connectivity index (χ0n) is 12.6. The van der Waals surface area contributed by atoms with E-state index in [1.165, 1.54) is 12.1 Å². The smallest absolute Gasteiger partial charge is 0.321 e. The zero-order valence-corrected chi connectivity index (χ0v) is 13.4. The van der Waals surface area contributed by atoms with Gasteiger partial charge in [-0.1, -0.05) is 6.92 Å². The van der Waals surface area contributed by atoms with E-state index < -0.39 is 16.0 Å². The van der Waals surface area contributed by atoms with Crippen molar-refractivity contribution in [2.75, 3.05) is 32.9 Å². The lowest BCUT2D eigenvalue weighted by molar-refractivity contribution is -0.143. The second kappa shape index (κ2) is 6.97. The Hall–Kier alpha value is -1.80. The van der Waals surface area contributed by atoms with Gasteiger partial charge in [-0.3, -0.25) is 4.79 Å². The molecule has 0 N–H and O–H groups in total. The summed E-state index contributed by atoms with van der Waals surface area (Å²) in [7, 11) is -3.80. The lowest BCUT2D eigenvalue weighted by Crippen LogP contribution is -2.36. The summed E-state index contributed by atoms with van der Waals surface area (Å²) >= 11 is 0. The third-order valence-electron chi connectivity index (χ3n) is 3.11. The quantitative estimate of drug-likeness (QED) is 0.725. The van der Waals surface area contributed by atoms with Gasteiger partial charge in [0.15, 0.2) is 11.5 Å². The van der Waals surface area contributed by atoms with Crippen LogP contribution in [0.3, 0.4) is 0 Å². The summed E-state index contributed by atoms with van der Waals surface area (Å²) in [6, 6.07) is 4.41. The highest BCUT2D eigenvalue weighted by Crippen LogP contribution is 2.33. The van der Waals surface area contributed by atoms with Gasteiger partial charge in [-0.2, -0.15) is 4.31 Å². The number of ether oxygens (including phenoxy) is 3. The van der Waals surface area contributed by atoms with Crippen LogP contribution in [0.2, 0.25) is 0 Å². The molecule has 7 nitrogen and oxygen atoms in total. The van der Waals surface area contributed by atoms with Crippen LogP contribution in [0.4, 0.5) is 0 Å². The molecule has 1 heterocycles. The van der Waals surface area contributed by atoms with Crippen LogP contribution in [0, 0.1) is 0 Å². The van der Waals surface area contributed by atoms with Gasteiger partial charge in [-0.15, -0.1) is 0 Å². The van der Waals surface area contributed by atoms with Crippen LogP contribution in [0.15, 0.2) is 23.1 Å². The van der Waals surface area contributed by atoms with Gasteiger partial charge in [0.05, 0.1) is 11.5 Å². The van der Waals surface area contributed by atoms with Crippen molar-refractivity contribution < 1.29 is 27.4 Å². The van der Waals surface area contributed by atoms with E-state index >= 15 is 0 Å². The average Bonchev–Trinajstić information content (AvgIpc) is 2.52. The third-order valence-corrected chi connectivity index (χ3v) is 5.03. The molecule has 0 fully saturated rings. The number of hydrogen-bond donors (Lipinski definition) is 0. The standard InChI is InChI=1S/C14H19NO6S/c1-3-15(10-14(16)19-4-2)22(17,18)11-5-6-12-13(9-11)21-8-7-20-12/h5-6,9H,3-4,7-8,10H2,1-2H3. The Balaban J connectivity index is 2.26. The molecule has 122 valence electrons.